The van der Waals surface area contributed by atoms with Gasteiger partial charge >= 0.3 is 5.91 Å². The van der Waals surface area contributed by atoms with Gasteiger partial charge in [0.15, 0.2) is 17.3 Å². The first-order valence-electron chi connectivity index (χ1n) is 6.36. The summed E-state index contributed by atoms with van der Waals surface area (Å²) in [6, 6.07) is 6.85. The second-order valence-corrected chi connectivity index (χ2v) is 5.20. The van der Waals surface area contributed by atoms with E-state index >= 15 is 0 Å². The van der Waals surface area contributed by atoms with Crippen molar-refractivity contribution in [1.29, 1.82) is 0 Å². The van der Waals surface area contributed by atoms with Crippen molar-refractivity contribution in [2.75, 3.05) is 14.2 Å². The number of amides is 1. The van der Waals surface area contributed by atoms with Crippen molar-refractivity contribution in [3.05, 3.63) is 45.8 Å². The Kier molecular flexibility index (Phi) is 5.21. The molecule has 2 aromatic rings. The molecule has 2 rings (SSSR count). The van der Waals surface area contributed by atoms with Crippen molar-refractivity contribution in [3.8, 4) is 11.5 Å². The zero-order valence-corrected chi connectivity index (χ0v) is 13.9. The van der Waals surface area contributed by atoms with Gasteiger partial charge in [-0.25, -0.2) is 5.43 Å². The van der Waals surface area contributed by atoms with E-state index in [4.69, 9.17) is 13.9 Å². The molecule has 7 heteroatoms. The third-order valence-electron chi connectivity index (χ3n) is 2.80. The number of rotatable bonds is 5. The molecule has 6 nitrogen and oxygen atoms in total. The van der Waals surface area contributed by atoms with Gasteiger partial charge in [0, 0.05) is 0 Å². The maximum absolute atomic E-state index is 11.8. The van der Waals surface area contributed by atoms with Gasteiger partial charge in [-0.05, 0) is 52.7 Å². The van der Waals surface area contributed by atoms with Gasteiger partial charge in [0.1, 0.15) is 5.76 Å². The van der Waals surface area contributed by atoms with E-state index < -0.39 is 5.91 Å². The lowest BCUT2D eigenvalue weighted by Crippen LogP contribution is -2.16. The summed E-state index contributed by atoms with van der Waals surface area (Å²) in [4.78, 5) is 11.8. The van der Waals surface area contributed by atoms with Gasteiger partial charge in [-0.1, -0.05) is 0 Å². The molecule has 1 amide bonds. The minimum absolute atomic E-state index is 0.211. The van der Waals surface area contributed by atoms with Crippen molar-refractivity contribution in [3.63, 3.8) is 0 Å². The normalized spacial score (nSPS) is 10.7. The highest BCUT2D eigenvalue weighted by molar-refractivity contribution is 9.10. The van der Waals surface area contributed by atoms with E-state index in [1.54, 1.807) is 45.4 Å². The van der Waals surface area contributed by atoms with Crippen molar-refractivity contribution in [1.82, 2.24) is 5.43 Å². The van der Waals surface area contributed by atoms with Gasteiger partial charge in [-0.15, -0.1) is 0 Å². The molecule has 1 aromatic heterocycles. The molecule has 116 valence electrons. The van der Waals surface area contributed by atoms with Crippen LogP contribution in [-0.2, 0) is 0 Å². The molecule has 0 atom stereocenters. The Balaban J connectivity index is 2.10. The van der Waals surface area contributed by atoms with E-state index in [9.17, 15) is 4.79 Å². The summed E-state index contributed by atoms with van der Waals surface area (Å²) in [6.07, 6.45) is 1.50. The molecule has 0 radical (unpaired) electrons. The van der Waals surface area contributed by atoms with Crippen molar-refractivity contribution in [2.24, 2.45) is 5.10 Å². The van der Waals surface area contributed by atoms with Gasteiger partial charge in [-0.3, -0.25) is 4.79 Å². The van der Waals surface area contributed by atoms with Crippen LogP contribution in [0, 0.1) is 6.92 Å². The van der Waals surface area contributed by atoms with E-state index in [1.165, 1.54) is 6.21 Å². The number of methoxy groups -OCH3 is 2. The molecule has 0 aliphatic carbocycles. The number of benzene rings is 1. The summed E-state index contributed by atoms with van der Waals surface area (Å²) in [5, 5.41) is 3.90. The number of aryl methyl sites for hydroxylation is 1. The summed E-state index contributed by atoms with van der Waals surface area (Å²) >= 11 is 3.39. The number of ether oxygens (including phenoxy) is 2. The van der Waals surface area contributed by atoms with E-state index in [1.807, 2.05) is 0 Å². The Bertz CT molecular complexity index is 710. The fourth-order valence-corrected chi connectivity index (χ4v) is 2.41. The third-order valence-corrected chi connectivity index (χ3v) is 3.39. The van der Waals surface area contributed by atoms with Crippen LogP contribution in [0.2, 0.25) is 0 Å². The molecule has 0 aliphatic heterocycles. The quantitative estimate of drug-likeness (QED) is 0.651. The van der Waals surface area contributed by atoms with Gasteiger partial charge in [0.05, 0.1) is 24.9 Å². The second-order valence-electron chi connectivity index (χ2n) is 4.35. The molecule has 0 saturated carbocycles. The maximum Gasteiger partial charge on any atom is 0.307 e. The number of furan rings is 1. The van der Waals surface area contributed by atoms with Crippen LogP contribution < -0.4 is 14.9 Å². The van der Waals surface area contributed by atoms with E-state index in [-0.39, 0.29) is 5.76 Å². The summed E-state index contributed by atoms with van der Waals surface area (Å²) in [5.41, 5.74) is 3.13. The molecule has 1 aromatic carbocycles. The van der Waals surface area contributed by atoms with Crippen LogP contribution in [0.15, 0.2) is 38.3 Å². The number of carbonyl (C=O) groups is 1. The minimum atomic E-state index is -0.413. The summed E-state index contributed by atoms with van der Waals surface area (Å²) in [7, 11) is 3.11. The van der Waals surface area contributed by atoms with Gasteiger partial charge < -0.3 is 13.9 Å². The summed E-state index contributed by atoms with van der Waals surface area (Å²) in [6.45, 7) is 1.77. The lowest BCUT2D eigenvalue weighted by molar-refractivity contribution is 0.0926. The van der Waals surface area contributed by atoms with Crippen LogP contribution in [0.3, 0.4) is 0 Å². The van der Waals surface area contributed by atoms with Crippen LogP contribution in [-0.4, -0.2) is 26.3 Å². The zero-order valence-electron chi connectivity index (χ0n) is 12.3. The van der Waals surface area contributed by atoms with Crippen LogP contribution in [0.4, 0.5) is 0 Å². The number of nitrogens with zero attached hydrogens (tertiary/aromatic N) is 1. The van der Waals surface area contributed by atoms with Crippen LogP contribution in [0.5, 0.6) is 11.5 Å². The Morgan fingerprint density at radius 2 is 2.09 bits per heavy atom. The first-order valence-corrected chi connectivity index (χ1v) is 7.15. The molecule has 0 unspecified atom stereocenters. The average Bonchev–Trinajstić information content (AvgIpc) is 2.93. The molecular weight excluding hydrogens is 352 g/mol. The molecule has 0 aliphatic rings. The molecule has 0 fully saturated rings. The molecule has 1 heterocycles. The van der Waals surface area contributed by atoms with Gasteiger partial charge in [0.2, 0.25) is 0 Å². The smallest absolute Gasteiger partial charge is 0.307 e. The number of halogens is 1. The third kappa shape index (κ3) is 3.67. The molecule has 0 saturated heterocycles. The average molecular weight is 367 g/mol. The van der Waals surface area contributed by atoms with Crippen molar-refractivity contribution in [2.45, 2.75) is 6.92 Å². The molecular formula is C15H15BrN2O4. The fraction of sp³-hybridized carbons (Fsp3) is 0.200. The Morgan fingerprint density at radius 3 is 2.68 bits per heavy atom. The minimum Gasteiger partial charge on any atom is -0.493 e. The second kappa shape index (κ2) is 7.13. The predicted octanol–water partition coefficient (Wildman–Crippen LogP) is 3.13. The molecule has 0 spiro atoms. The Labute approximate surface area is 136 Å². The first-order chi connectivity index (χ1) is 10.5. The molecule has 0 bridgehead atoms. The summed E-state index contributed by atoms with van der Waals surface area (Å²) in [5.74, 6) is 1.62. The molecule has 22 heavy (non-hydrogen) atoms. The molecule has 1 N–H and O–H groups in total. The highest BCUT2D eigenvalue weighted by Gasteiger charge is 2.10. The highest BCUT2D eigenvalue weighted by atomic mass is 79.9. The standard InChI is InChI=1S/C15H15BrN2O4/c1-9-4-5-12(22-9)15(19)18-17-8-10-6-11(16)14(21-3)13(7-10)20-2/h4-8H,1-3H3,(H,18,19)/b17-8+. The highest BCUT2D eigenvalue weighted by Crippen LogP contribution is 2.35. The monoisotopic (exact) mass is 366 g/mol. The Hall–Kier alpha value is -2.28. The zero-order chi connectivity index (χ0) is 16.1. The maximum atomic E-state index is 11.8. The van der Waals surface area contributed by atoms with Gasteiger partial charge in [0.25, 0.3) is 0 Å². The first kappa shape index (κ1) is 16.1. The number of carbonyl (C=O) groups excluding carboxylic acids is 1. The van der Waals surface area contributed by atoms with Crippen LogP contribution in [0.25, 0.3) is 0 Å². The summed E-state index contributed by atoms with van der Waals surface area (Å²) < 4.78 is 16.4. The van der Waals surface area contributed by atoms with Crippen molar-refractivity contribution < 1.29 is 18.7 Å². The fourth-order valence-electron chi connectivity index (χ4n) is 1.79. The topological polar surface area (TPSA) is 73.1 Å². The lowest BCUT2D eigenvalue weighted by atomic mass is 10.2. The number of hydrazone groups is 1. The largest absolute Gasteiger partial charge is 0.493 e. The SMILES string of the molecule is COc1cc(/C=N/NC(=O)c2ccc(C)o2)cc(Br)c1OC. The Morgan fingerprint density at radius 1 is 1.32 bits per heavy atom. The number of hydrogen-bond acceptors (Lipinski definition) is 5. The van der Waals surface area contributed by atoms with Crippen LogP contribution in [0.1, 0.15) is 21.9 Å². The van der Waals surface area contributed by atoms with E-state index in [0.717, 1.165) is 10.0 Å². The van der Waals surface area contributed by atoms with E-state index in [0.29, 0.717) is 17.3 Å². The van der Waals surface area contributed by atoms with Crippen molar-refractivity contribution >= 4 is 28.1 Å². The number of nitrogens with one attached hydrogen (secondary N) is 1. The van der Waals surface area contributed by atoms with E-state index in [2.05, 4.69) is 26.5 Å². The van der Waals surface area contributed by atoms with Gasteiger partial charge in [-0.2, -0.15) is 5.10 Å². The predicted molar refractivity (Wildman–Crippen MR) is 85.8 cm³/mol. The lowest BCUT2D eigenvalue weighted by Gasteiger charge is -2.10. The number of hydrogen-bond donors (Lipinski definition) is 1. The van der Waals surface area contributed by atoms with Crippen LogP contribution >= 0.6 is 15.9 Å².